The van der Waals surface area contributed by atoms with Crippen molar-refractivity contribution in [3.63, 3.8) is 0 Å². The van der Waals surface area contributed by atoms with Gasteiger partial charge in [-0.2, -0.15) is 5.10 Å². The summed E-state index contributed by atoms with van der Waals surface area (Å²) in [4.78, 5) is 2.10. The molecule has 102 valence electrons. The van der Waals surface area contributed by atoms with Gasteiger partial charge in [-0.1, -0.05) is 30.9 Å². The summed E-state index contributed by atoms with van der Waals surface area (Å²) >= 11 is 6.23. The van der Waals surface area contributed by atoms with Crippen LogP contribution in [0.25, 0.3) is 0 Å². The minimum Gasteiger partial charge on any atom is -0.384 e. The first-order chi connectivity index (χ1) is 8.53. The number of aliphatic hydroxyl groups is 1. The molecule has 5 heteroatoms. The van der Waals surface area contributed by atoms with Crippen molar-refractivity contribution in [1.29, 1.82) is 0 Å². The number of halogens is 1. The zero-order valence-corrected chi connectivity index (χ0v) is 11.9. The lowest BCUT2D eigenvalue weighted by Crippen LogP contribution is -2.33. The average Bonchev–Trinajstić information content (AvgIpc) is 2.69. The van der Waals surface area contributed by atoms with E-state index >= 15 is 0 Å². The van der Waals surface area contributed by atoms with E-state index in [9.17, 15) is 5.11 Å². The predicted octanol–water partition coefficient (Wildman–Crippen LogP) is 2.25. The minimum atomic E-state index is -0.780. The number of hydrogen-bond donors (Lipinski definition) is 1. The van der Waals surface area contributed by atoms with Gasteiger partial charge in [-0.25, -0.2) is 0 Å². The molecule has 1 aliphatic rings. The molecule has 1 saturated carbocycles. The predicted molar refractivity (Wildman–Crippen MR) is 72.8 cm³/mol. The Kier molecular flexibility index (Phi) is 4.30. The summed E-state index contributed by atoms with van der Waals surface area (Å²) in [5.41, 5.74) is 0.0312. The van der Waals surface area contributed by atoms with E-state index in [0.29, 0.717) is 5.02 Å². The van der Waals surface area contributed by atoms with Gasteiger partial charge in [0.15, 0.2) is 0 Å². The Balaban J connectivity index is 2.22. The number of hydrogen-bond acceptors (Lipinski definition) is 3. The van der Waals surface area contributed by atoms with Gasteiger partial charge in [0, 0.05) is 6.54 Å². The smallest absolute Gasteiger partial charge is 0.108 e. The fraction of sp³-hybridized carbons (Fsp3) is 0.769. The van der Waals surface area contributed by atoms with Crippen LogP contribution in [0.15, 0.2) is 6.20 Å². The molecule has 0 saturated heterocycles. The SMILES string of the molecule is CN(C)CCn1ncc(Cl)c1C1(O)CCCCC1. The molecular weight excluding hydrogens is 250 g/mol. The Hall–Kier alpha value is -0.580. The average molecular weight is 272 g/mol. The largest absolute Gasteiger partial charge is 0.384 e. The molecule has 1 aromatic rings. The summed E-state index contributed by atoms with van der Waals surface area (Å²) in [5, 5.41) is 15.7. The van der Waals surface area contributed by atoms with E-state index in [1.165, 1.54) is 6.42 Å². The Labute approximate surface area is 114 Å². The van der Waals surface area contributed by atoms with E-state index in [4.69, 9.17) is 11.6 Å². The first kappa shape index (κ1) is 13.8. The normalized spacial score (nSPS) is 19.4. The number of aromatic nitrogens is 2. The molecule has 0 bridgehead atoms. The zero-order valence-electron chi connectivity index (χ0n) is 11.2. The first-order valence-electron chi connectivity index (χ1n) is 6.62. The number of likely N-dealkylation sites (N-methyl/N-ethyl adjacent to an activating group) is 1. The van der Waals surface area contributed by atoms with Gasteiger partial charge < -0.3 is 10.0 Å². The van der Waals surface area contributed by atoms with Crippen molar-refractivity contribution in [2.24, 2.45) is 0 Å². The van der Waals surface area contributed by atoms with Gasteiger partial charge in [0.25, 0.3) is 0 Å². The second-order valence-electron chi connectivity index (χ2n) is 5.46. The Morgan fingerprint density at radius 3 is 2.67 bits per heavy atom. The highest BCUT2D eigenvalue weighted by Gasteiger charge is 2.36. The Morgan fingerprint density at radius 2 is 2.06 bits per heavy atom. The van der Waals surface area contributed by atoms with E-state index < -0.39 is 5.60 Å². The van der Waals surface area contributed by atoms with Crippen molar-refractivity contribution in [1.82, 2.24) is 14.7 Å². The van der Waals surface area contributed by atoms with Crippen LogP contribution in [0.4, 0.5) is 0 Å². The first-order valence-corrected chi connectivity index (χ1v) is 7.00. The van der Waals surface area contributed by atoms with Gasteiger partial charge in [0.1, 0.15) is 5.60 Å². The molecule has 1 aromatic heterocycles. The molecule has 0 unspecified atom stereocenters. The van der Waals surface area contributed by atoms with E-state index in [-0.39, 0.29) is 0 Å². The number of nitrogens with zero attached hydrogens (tertiary/aromatic N) is 3. The lowest BCUT2D eigenvalue weighted by molar-refractivity contribution is -0.00892. The molecule has 18 heavy (non-hydrogen) atoms. The molecule has 0 aliphatic heterocycles. The maximum Gasteiger partial charge on any atom is 0.108 e. The van der Waals surface area contributed by atoms with Crippen LogP contribution in [0.2, 0.25) is 5.02 Å². The third-order valence-electron chi connectivity index (χ3n) is 3.68. The lowest BCUT2D eigenvalue weighted by Gasteiger charge is -2.33. The van der Waals surface area contributed by atoms with Gasteiger partial charge in [-0.15, -0.1) is 0 Å². The fourth-order valence-corrected chi connectivity index (χ4v) is 2.98. The molecule has 2 rings (SSSR count). The van der Waals surface area contributed by atoms with Crippen molar-refractivity contribution in [3.05, 3.63) is 16.9 Å². The van der Waals surface area contributed by atoms with Crippen molar-refractivity contribution in [2.45, 2.75) is 44.2 Å². The monoisotopic (exact) mass is 271 g/mol. The molecule has 1 N–H and O–H groups in total. The quantitative estimate of drug-likeness (QED) is 0.913. The van der Waals surface area contributed by atoms with Gasteiger partial charge in [-0.3, -0.25) is 4.68 Å². The summed E-state index contributed by atoms with van der Waals surface area (Å²) in [6.07, 6.45) is 6.56. The highest BCUT2D eigenvalue weighted by atomic mass is 35.5. The maximum atomic E-state index is 10.8. The zero-order chi connectivity index (χ0) is 13.2. The van der Waals surface area contributed by atoms with Crippen LogP contribution < -0.4 is 0 Å². The third-order valence-corrected chi connectivity index (χ3v) is 3.95. The second-order valence-corrected chi connectivity index (χ2v) is 5.87. The highest BCUT2D eigenvalue weighted by molar-refractivity contribution is 6.31. The third kappa shape index (κ3) is 2.87. The van der Waals surface area contributed by atoms with Crippen LogP contribution in [0.5, 0.6) is 0 Å². The molecular formula is C13H22ClN3O. The summed E-state index contributed by atoms with van der Waals surface area (Å²) in [6, 6.07) is 0. The van der Waals surface area contributed by atoms with Crippen molar-refractivity contribution in [3.8, 4) is 0 Å². The molecule has 1 aliphatic carbocycles. The van der Waals surface area contributed by atoms with E-state index in [0.717, 1.165) is 44.5 Å². The van der Waals surface area contributed by atoms with Gasteiger partial charge in [-0.05, 0) is 26.9 Å². The number of rotatable bonds is 4. The van der Waals surface area contributed by atoms with Crippen LogP contribution in [-0.4, -0.2) is 40.4 Å². The van der Waals surface area contributed by atoms with E-state index in [2.05, 4.69) is 10.00 Å². The van der Waals surface area contributed by atoms with Crippen molar-refractivity contribution < 1.29 is 5.11 Å². The van der Waals surface area contributed by atoms with Crippen LogP contribution in [-0.2, 0) is 12.1 Å². The van der Waals surface area contributed by atoms with Gasteiger partial charge >= 0.3 is 0 Å². The molecule has 4 nitrogen and oxygen atoms in total. The molecule has 1 fully saturated rings. The second kappa shape index (κ2) is 5.59. The van der Waals surface area contributed by atoms with Crippen LogP contribution in [0.3, 0.4) is 0 Å². The van der Waals surface area contributed by atoms with Crippen molar-refractivity contribution in [2.75, 3.05) is 20.6 Å². The highest BCUT2D eigenvalue weighted by Crippen LogP contribution is 2.39. The molecule has 0 spiro atoms. The van der Waals surface area contributed by atoms with Gasteiger partial charge in [0.2, 0.25) is 0 Å². The lowest BCUT2D eigenvalue weighted by atomic mass is 9.82. The van der Waals surface area contributed by atoms with E-state index in [1.54, 1.807) is 6.20 Å². The van der Waals surface area contributed by atoms with Crippen LogP contribution in [0.1, 0.15) is 37.8 Å². The molecule has 0 radical (unpaired) electrons. The molecule has 1 heterocycles. The summed E-state index contributed by atoms with van der Waals surface area (Å²) in [7, 11) is 4.06. The Bertz CT molecular complexity index is 397. The van der Waals surface area contributed by atoms with Crippen molar-refractivity contribution >= 4 is 11.6 Å². The topological polar surface area (TPSA) is 41.3 Å². The van der Waals surface area contributed by atoms with Gasteiger partial charge in [0.05, 0.1) is 23.5 Å². The summed E-state index contributed by atoms with van der Waals surface area (Å²) in [6.45, 7) is 1.65. The van der Waals surface area contributed by atoms with Crippen LogP contribution >= 0.6 is 11.6 Å². The minimum absolute atomic E-state index is 0.596. The maximum absolute atomic E-state index is 10.8. The standard InChI is InChI=1S/C13H22ClN3O/c1-16(2)8-9-17-12(11(14)10-15-17)13(18)6-4-3-5-7-13/h10,18H,3-9H2,1-2H3. The summed E-state index contributed by atoms with van der Waals surface area (Å²) in [5.74, 6) is 0. The molecule has 0 amide bonds. The fourth-order valence-electron chi connectivity index (χ4n) is 2.66. The Morgan fingerprint density at radius 1 is 1.39 bits per heavy atom. The van der Waals surface area contributed by atoms with E-state index in [1.807, 2.05) is 18.8 Å². The van der Waals surface area contributed by atoms with Crippen LogP contribution in [0, 0.1) is 0 Å². The summed E-state index contributed by atoms with van der Waals surface area (Å²) < 4.78 is 1.87. The molecule has 0 atom stereocenters. The molecule has 0 aromatic carbocycles.